The zero-order valence-electron chi connectivity index (χ0n) is 26.8. The Balaban J connectivity index is 1.41. The van der Waals surface area contributed by atoms with Gasteiger partial charge in [-0.2, -0.15) is 20.3 Å². The summed E-state index contributed by atoms with van der Waals surface area (Å²) >= 11 is 1.44. The number of pyridine rings is 1. The van der Waals surface area contributed by atoms with E-state index in [0.717, 1.165) is 38.3 Å². The highest BCUT2D eigenvalue weighted by Crippen LogP contribution is 2.40. The minimum Gasteiger partial charge on any atom is -0.339 e. The van der Waals surface area contributed by atoms with Crippen LogP contribution in [0.3, 0.4) is 0 Å². The Hall–Kier alpha value is -6.69. The first kappa shape index (κ1) is 30.9. The van der Waals surface area contributed by atoms with Gasteiger partial charge in [-0.1, -0.05) is 89.2 Å². The van der Waals surface area contributed by atoms with Crippen molar-refractivity contribution in [3.8, 4) is 28.5 Å². The fourth-order valence-corrected chi connectivity index (χ4v) is 6.18. The summed E-state index contributed by atoms with van der Waals surface area (Å²) in [4.78, 5) is 9.66. The number of fused-ring (bicyclic) bond motifs is 1. The van der Waals surface area contributed by atoms with Gasteiger partial charge in [0.15, 0.2) is 17.5 Å². The molecule has 236 valence electrons. The Morgan fingerprint density at radius 2 is 1.29 bits per heavy atom. The summed E-state index contributed by atoms with van der Waals surface area (Å²) in [6.07, 6.45) is 0. The molecule has 0 saturated carbocycles. The van der Waals surface area contributed by atoms with E-state index in [4.69, 9.17) is 20.2 Å². The molecular formula is C38H28N10S. The summed E-state index contributed by atoms with van der Waals surface area (Å²) in [7, 11) is 0. The number of aryl methyl sites for hydroxylation is 2. The first-order valence-electron chi connectivity index (χ1n) is 15.4. The molecule has 0 aliphatic heterocycles. The molecule has 49 heavy (non-hydrogen) atoms. The van der Waals surface area contributed by atoms with Crippen LogP contribution in [0.25, 0.3) is 26.6 Å². The lowest BCUT2D eigenvalue weighted by Crippen LogP contribution is -2.04. The normalized spacial score (nSPS) is 11.0. The lowest BCUT2D eigenvalue weighted by molar-refractivity contribution is 0.866. The van der Waals surface area contributed by atoms with Crippen LogP contribution < -0.4 is 10.6 Å². The predicted molar refractivity (Wildman–Crippen MR) is 194 cm³/mol. The number of rotatable bonds is 8. The number of thiazole rings is 1. The van der Waals surface area contributed by atoms with E-state index < -0.39 is 0 Å². The highest BCUT2D eigenvalue weighted by molar-refractivity contribution is 7.20. The minimum absolute atomic E-state index is 0.210. The van der Waals surface area contributed by atoms with Crippen LogP contribution in [0, 0.1) is 43.4 Å². The standard InChI is InChI=1S/C38H28N10S/c1-23-13-17-27(18-14-23)41-35-29(21-39)25(3)33(36(44-35)42-28-19-15-24(2)16-20-28)45-46-37-30(22-40)34(26-9-5-4-6-10-26)47-48(37)38-43-31-11-7-8-12-32(31)49-38/h4-20H,1-3H3,(H2,41,42,44). The third kappa shape index (κ3) is 6.22. The number of hydrogen-bond donors (Lipinski definition) is 2. The molecule has 0 fully saturated rings. The third-order valence-electron chi connectivity index (χ3n) is 7.88. The van der Waals surface area contributed by atoms with Gasteiger partial charge in [-0.05, 0) is 57.2 Å². The molecule has 0 bridgehead atoms. The molecular weight excluding hydrogens is 629 g/mol. The summed E-state index contributed by atoms with van der Waals surface area (Å²) in [5, 5.41) is 42.2. The summed E-state index contributed by atoms with van der Waals surface area (Å²) in [5.41, 5.74) is 7.27. The number of anilines is 4. The average molecular weight is 657 g/mol. The Kier molecular flexibility index (Phi) is 8.33. The molecule has 0 aliphatic rings. The van der Waals surface area contributed by atoms with Gasteiger partial charge in [0.05, 0.1) is 15.8 Å². The summed E-state index contributed by atoms with van der Waals surface area (Å²) < 4.78 is 2.53. The number of nitrogens with zero attached hydrogens (tertiary/aromatic N) is 8. The van der Waals surface area contributed by atoms with Gasteiger partial charge in [0.2, 0.25) is 5.13 Å². The molecule has 0 unspecified atom stereocenters. The Morgan fingerprint density at radius 1 is 0.673 bits per heavy atom. The Bertz CT molecular complexity index is 2400. The maximum atomic E-state index is 10.5. The monoisotopic (exact) mass is 656 g/mol. The van der Waals surface area contributed by atoms with E-state index in [1.165, 1.54) is 11.3 Å². The molecule has 0 amide bonds. The van der Waals surface area contributed by atoms with Crippen molar-refractivity contribution < 1.29 is 0 Å². The van der Waals surface area contributed by atoms with E-state index in [2.05, 4.69) is 27.9 Å². The van der Waals surface area contributed by atoms with Crippen LogP contribution in [0.15, 0.2) is 113 Å². The van der Waals surface area contributed by atoms with Crippen molar-refractivity contribution in [2.45, 2.75) is 20.8 Å². The molecule has 0 aliphatic carbocycles. The van der Waals surface area contributed by atoms with Crippen LogP contribution in [0.1, 0.15) is 27.8 Å². The van der Waals surface area contributed by atoms with Gasteiger partial charge in [0.25, 0.3) is 0 Å². The average Bonchev–Trinajstić information content (AvgIpc) is 3.72. The highest BCUT2D eigenvalue weighted by atomic mass is 32.1. The van der Waals surface area contributed by atoms with Gasteiger partial charge in [0, 0.05) is 22.5 Å². The van der Waals surface area contributed by atoms with Crippen LogP contribution in [0.2, 0.25) is 0 Å². The lowest BCUT2D eigenvalue weighted by atomic mass is 10.1. The van der Waals surface area contributed by atoms with E-state index in [-0.39, 0.29) is 11.4 Å². The largest absolute Gasteiger partial charge is 0.339 e. The molecule has 3 aromatic heterocycles. The van der Waals surface area contributed by atoms with E-state index in [9.17, 15) is 10.5 Å². The van der Waals surface area contributed by atoms with Crippen LogP contribution in [0.5, 0.6) is 0 Å². The van der Waals surface area contributed by atoms with E-state index in [1.807, 2.05) is 117 Å². The van der Waals surface area contributed by atoms with E-state index >= 15 is 0 Å². The van der Waals surface area contributed by atoms with E-state index in [0.29, 0.717) is 39.3 Å². The third-order valence-corrected chi connectivity index (χ3v) is 8.90. The van der Waals surface area contributed by atoms with Crippen LogP contribution >= 0.6 is 11.3 Å². The number of hydrogen-bond acceptors (Lipinski definition) is 10. The minimum atomic E-state index is 0.210. The maximum Gasteiger partial charge on any atom is 0.213 e. The van der Waals surface area contributed by atoms with Crippen LogP contribution in [-0.4, -0.2) is 19.7 Å². The summed E-state index contributed by atoms with van der Waals surface area (Å²) in [6.45, 7) is 5.84. The molecule has 0 radical (unpaired) electrons. The second-order valence-corrected chi connectivity index (χ2v) is 12.4. The molecule has 7 aromatic rings. The van der Waals surface area contributed by atoms with Gasteiger partial charge in [-0.25, -0.2) is 9.97 Å². The van der Waals surface area contributed by atoms with E-state index in [1.54, 1.807) is 11.6 Å². The number of nitrogens with one attached hydrogen (secondary N) is 2. The smallest absolute Gasteiger partial charge is 0.213 e. The van der Waals surface area contributed by atoms with Crippen LogP contribution in [-0.2, 0) is 0 Å². The van der Waals surface area contributed by atoms with Crippen molar-refractivity contribution in [1.82, 2.24) is 19.7 Å². The zero-order chi connectivity index (χ0) is 33.9. The van der Waals surface area contributed by atoms with Crippen molar-refractivity contribution in [3.05, 3.63) is 131 Å². The fourth-order valence-electron chi connectivity index (χ4n) is 5.26. The van der Waals surface area contributed by atoms with Crippen molar-refractivity contribution >= 4 is 56.1 Å². The SMILES string of the molecule is Cc1ccc(Nc2nc(Nc3ccc(C)cc3)c(N=Nc3c(C#N)c(-c4ccccc4)nn3-c3nc4ccccc4s3)c(C)c2C#N)cc1. The topological polar surface area (TPSA) is 140 Å². The summed E-state index contributed by atoms with van der Waals surface area (Å²) in [6, 6.07) is 37.6. The van der Waals surface area contributed by atoms with Crippen LogP contribution in [0.4, 0.5) is 34.5 Å². The number of aromatic nitrogens is 4. The molecule has 2 N–H and O–H groups in total. The number of nitriles is 2. The number of azo groups is 1. The fraction of sp³-hybridized carbons (Fsp3) is 0.0789. The van der Waals surface area contributed by atoms with Crippen molar-refractivity contribution in [2.75, 3.05) is 10.6 Å². The zero-order valence-corrected chi connectivity index (χ0v) is 27.6. The molecule has 0 atom stereocenters. The Labute approximate surface area is 286 Å². The summed E-state index contributed by atoms with van der Waals surface area (Å²) in [5.74, 6) is 0.967. The molecule has 0 spiro atoms. The number of benzene rings is 4. The predicted octanol–water partition coefficient (Wildman–Crippen LogP) is 10.1. The molecule has 4 aromatic carbocycles. The molecule has 3 heterocycles. The number of para-hydroxylation sites is 1. The highest BCUT2D eigenvalue weighted by Gasteiger charge is 2.24. The van der Waals surface area contributed by atoms with Gasteiger partial charge < -0.3 is 10.6 Å². The molecule has 10 nitrogen and oxygen atoms in total. The van der Waals surface area contributed by atoms with Crippen molar-refractivity contribution in [1.29, 1.82) is 10.5 Å². The molecule has 11 heteroatoms. The Morgan fingerprint density at radius 3 is 1.92 bits per heavy atom. The second kappa shape index (κ2) is 13.2. The van der Waals surface area contributed by atoms with Gasteiger partial charge in [-0.3, -0.25) is 0 Å². The van der Waals surface area contributed by atoms with Gasteiger partial charge >= 0.3 is 0 Å². The first-order chi connectivity index (χ1) is 23.9. The van der Waals surface area contributed by atoms with Crippen molar-refractivity contribution in [2.24, 2.45) is 10.2 Å². The maximum absolute atomic E-state index is 10.5. The lowest BCUT2D eigenvalue weighted by Gasteiger charge is -2.16. The molecule has 7 rings (SSSR count). The van der Waals surface area contributed by atoms with Crippen molar-refractivity contribution in [3.63, 3.8) is 0 Å². The molecule has 0 saturated heterocycles. The van der Waals surface area contributed by atoms with Gasteiger partial charge in [-0.15, -0.1) is 10.2 Å². The first-order valence-corrected chi connectivity index (χ1v) is 16.2. The second-order valence-electron chi connectivity index (χ2n) is 11.4. The van der Waals surface area contributed by atoms with Gasteiger partial charge in [0.1, 0.15) is 29.1 Å². The quantitative estimate of drug-likeness (QED) is 0.155.